The third kappa shape index (κ3) is 4.78. The Morgan fingerprint density at radius 3 is 2.60 bits per heavy atom. The highest BCUT2D eigenvalue weighted by molar-refractivity contribution is 9.10. The Morgan fingerprint density at radius 1 is 1.20 bits per heavy atom. The molecule has 6 nitrogen and oxygen atoms in total. The van der Waals surface area contributed by atoms with Crippen molar-refractivity contribution in [3.05, 3.63) is 61.5 Å². The number of hydrogen-bond donors (Lipinski definition) is 1. The van der Waals surface area contributed by atoms with Crippen molar-refractivity contribution in [2.24, 2.45) is 0 Å². The first-order valence-corrected chi connectivity index (χ1v) is 10.5. The smallest absolute Gasteiger partial charge is 0.265 e. The van der Waals surface area contributed by atoms with Gasteiger partial charge in [0.05, 0.1) is 21.6 Å². The van der Waals surface area contributed by atoms with Crippen molar-refractivity contribution in [2.75, 3.05) is 14.2 Å². The van der Waals surface area contributed by atoms with Crippen molar-refractivity contribution in [3.63, 3.8) is 0 Å². The van der Waals surface area contributed by atoms with E-state index in [4.69, 9.17) is 44.9 Å². The summed E-state index contributed by atoms with van der Waals surface area (Å²) in [4.78, 5) is 25.8. The summed E-state index contributed by atoms with van der Waals surface area (Å²) in [7, 11) is 2.99. The third-order valence-corrected chi connectivity index (χ3v) is 5.94. The third-order valence-electron chi connectivity index (χ3n) is 4.23. The SMILES string of the molecule is COc1cc(/C=C2\C(=O)NC(=S)N(C)C2=O)cc(Br)c1OCc1ccc(Cl)c(Cl)c1. The fourth-order valence-corrected chi connectivity index (χ4v) is 3.73. The highest BCUT2D eigenvalue weighted by atomic mass is 79.9. The van der Waals surface area contributed by atoms with Gasteiger partial charge >= 0.3 is 0 Å². The number of rotatable bonds is 5. The molecule has 0 radical (unpaired) electrons. The Balaban J connectivity index is 1.88. The largest absolute Gasteiger partial charge is 0.493 e. The summed E-state index contributed by atoms with van der Waals surface area (Å²) in [6.45, 7) is 0.232. The molecule has 1 heterocycles. The molecule has 0 aromatic heterocycles. The zero-order valence-electron chi connectivity index (χ0n) is 15.8. The van der Waals surface area contributed by atoms with Gasteiger partial charge in [-0.25, -0.2) is 0 Å². The number of halogens is 3. The molecule has 3 rings (SSSR count). The quantitative estimate of drug-likeness (QED) is 0.348. The number of ether oxygens (including phenoxy) is 2. The van der Waals surface area contributed by atoms with Gasteiger partial charge in [-0.15, -0.1) is 0 Å². The van der Waals surface area contributed by atoms with Gasteiger partial charge in [-0.1, -0.05) is 29.3 Å². The fourth-order valence-electron chi connectivity index (χ4n) is 2.66. The molecule has 30 heavy (non-hydrogen) atoms. The van der Waals surface area contributed by atoms with Gasteiger partial charge in [0.1, 0.15) is 12.2 Å². The number of likely N-dealkylation sites (N-methyl/N-ethyl adjacent to an activating group) is 1. The highest BCUT2D eigenvalue weighted by Gasteiger charge is 2.30. The Morgan fingerprint density at radius 2 is 1.93 bits per heavy atom. The zero-order valence-corrected chi connectivity index (χ0v) is 19.7. The van der Waals surface area contributed by atoms with Crippen molar-refractivity contribution in [3.8, 4) is 11.5 Å². The molecule has 1 aliphatic heterocycles. The van der Waals surface area contributed by atoms with Crippen molar-refractivity contribution < 1.29 is 19.1 Å². The second-order valence-corrected chi connectivity index (χ2v) is 8.31. The molecule has 0 aliphatic carbocycles. The fraction of sp³-hybridized carbons (Fsp3) is 0.150. The lowest BCUT2D eigenvalue weighted by molar-refractivity contribution is -0.128. The molecule has 0 bridgehead atoms. The first-order valence-electron chi connectivity index (χ1n) is 8.50. The topological polar surface area (TPSA) is 67.9 Å². The van der Waals surface area contributed by atoms with Crippen LogP contribution in [0.4, 0.5) is 0 Å². The molecule has 0 atom stereocenters. The number of nitrogens with zero attached hydrogens (tertiary/aromatic N) is 1. The van der Waals surface area contributed by atoms with Crippen molar-refractivity contribution >= 4 is 74.4 Å². The Labute approximate surface area is 196 Å². The molecule has 1 N–H and O–H groups in total. The molecule has 0 spiro atoms. The molecule has 0 saturated carbocycles. The lowest BCUT2D eigenvalue weighted by Crippen LogP contribution is -2.52. The van der Waals surface area contributed by atoms with Crippen LogP contribution in [0.25, 0.3) is 6.08 Å². The van der Waals surface area contributed by atoms with Crippen LogP contribution in [-0.2, 0) is 16.2 Å². The summed E-state index contributed by atoms with van der Waals surface area (Å²) < 4.78 is 11.9. The molecule has 0 unspecified atom stereocenters. The minimum absolute atomic E-state index is 0.0375. The van der Waals surface area contributed by atoms with Crippen LogP contribution in [0.1, 0.15) is 11.1 Å². The van der Waals surface area contributed by atoms with Crippen LogP contribution in [0.5, 0.6) is 11.5 Å². The van der Waals surface area contributed by atoms with E-state index < -0.39 is 11.8 Å². The number of methoxy groups -OCH3 is 1. The Bertz CT molecular complexity index is 1090. The van der Waals surface area contributed by atoms with E-state index in [0.29, 0.717) is 31.6 Å². The van der Waals surface area contributed by atoms with Crippen LogP contribution in [-0.4, -0.2) is 36.0 Å². The molecule has 156 valence electrons. The highest BCUT2D eigenvalue weighted by Crippen LogP contribution is 2.38. The molecule has 1 saturated heterocycles. The first kappa shape index (κ1) is 22.6. The lowest BCUT2D eigenvalue weighted by Gasteiger charge is -2.25. The number of benzene rings is 2. The molecule has 1 fully saturated rings. The van der Waals surface area contributed by atoms with E-state index in [9.17, 15) is 9.59 Å². The van der Waals surface area contributed by atoms with Gasteiger partial charge in [0.2, 0.25) is 0 Å². The van der Waals surface area contributed by atoms with Gasteiger partial charge in [-0.2, -0.15) is 0 Å². The minimum atomic E-state index is -0.557. The van der Waals surface area contributed by atoms with Gasteiger partial charge in [-0.05, 0) is 69.6 Å². The van der Waals surface area contributed by atoms with Crippen LogP contribution in [0.2, 0.25) is 10.0 Å². The van der Waals surface area contributed by atoms with E-state index in [1.54, 1.807) is 24.3 Å². The number of nitrogens with one attached hydrogen (secondary N) is 1. The monoisotopic (exact) mass is 528 g/mol. The van der Waals surface area contributed by atoms with Crippen LogP contribution < -0.4 is 14.8 Å². The van der Waals surface area contributed by atoms with Crippen molar-refractivity contribution in [1.82, 2.24) is 10.2 Å². The summed E-state index contributed by atoms with van der Waals surface area (Å²) >= 11 is 20.4. The molecule has 2 aromatic carbocycles. The van der Waals surface area contributed by atoms with E-state index in [1.807, 2.05) is 6.07 Å². The molecule has 10 heteroatoms. The van der Waals surface area contributed by atoms with Crippen LogP contribution in [0.3, 0.4) is 0 Å². The summed E-state index contributed by atoms with van der Waals surface area (Å²) in [5.74, 6) is -0.163. The number of hydrogen-bond acceptors (Lipinski definition) is 5. The van der Waals surface area contributed by atoms with E-state index in [0.717, 1.165) is 5.56 Å². The summed E-state index contributed by atoms with van der Waals surface area (Å²) in [5.41, 5.74) is 1.36. The number of carbonyl (C=O) groups excluding carboxylic acids is 2. The standard InChI is InChI=1S/C20H15BrCl2N2O4S/c1-25-19(27)12(18(26)24-20(25)30)5-11-6-13(21)17(16(8-11)28-2)29-9-10-3-4-14(22)15(23)7-10/h3-8H,9H2,1-2H3,(H,24,26,30)/b12-5+. The van der Waals surface area contributed by atoms with Gasteiger partial charge in [0.15, 0.2) is 16.6 Å². The van der Waals surface area contributed by atoms with Gasteiger partial charge in [0.25, 0.3) is 11.8 Å². The maximum Gasteiger partial charge on any atom is 0.265 e. The summed E-state index contributed by atoms with van der Waals surface area (Å²) in [5, 5.41) is 3.43. The van der Waals surface area contributed by atoms with Crippen molar-refractivity contribution in [1.29, 1.82) is 0 Å². The van der Waals surface area contributed by atoms with Crippen LogP contribution >= 0.6 is 51.3 Å². The Hall–Kier alpha value is -2.13. The second-order valence-electron chi connectivity index (χ2n) is 6.25. The zero-order chi connectivity index (χ0) is 22.0. The molecular formula is C20H15BrCl2N2O4S. The summed E-state index contributed by atoms with van der Waals surface area (Å²) in [6, 6.07) is 8.60. The van der Waals surface area contributed by atoms with Crippen LogP contribution in [0, 0.1) is 0 Å². The molecular weight excluding hydrogens is 515 g/mol. The summed E-state index contributed by atoms with van der Waals surface area (Å²) in [6.07, 6.45) is 1.46. The van der Waals surface area contributed by atoms with Gasteiger partial charge in [-0.3, -0.25) is 19.8 Å². The van der Waals surface area contributed by atoms with E-state index in [2.05, 4.69) is 21.2 Å². The minimum Gasteiger partial charge on any atom is -0.493 e. The predicted molar refractivity (Wildman–Crippen MR) is 123 cm³/mol. The molecule has 1 aliphatic rings. The average molecular weight is 530 g/mol. The normalized spacial score (nSPS) is 15.4. The second kappa shape index (κ2) is 9.34. The maximum absolute atomic E-state index is 12.4. The lowest BCUT2D eigenvalue weighted by atomic mass is 10.1. The number of thiocarbonyl (C=S) groups is 1. The first-order chi connectivity index (χ1) is 14.2. The maximum atomic E-state index is 12.4. The average Bonchev–Trinajstić information content (AvgIpc) is 2.71. The van der Waals surface area contributed by atoms with E-state index in [1.165, 1.54) is 25.1 Å². The van der Waals surface area contributed by atoms with E-state index in [-0.39, 0.29) is 17.3 Å². The van der Waals surface area contributed by atoms with Crippen LogP contribution in [0.15, 0.2) is 40.4 Å². The molecule has 2 amide bonds. The van der Waals surface area contributed by atoms with Gasteiger partial charge < -0.3 is 9.47 Å². The van der Waals surface area contributed by atoms with Gasteiger partial charge in [0, 0.05) is 7.05 Å². The Kier molecular flexibility index (Phi) is 7.02. The van der Waals surface area contributed by atoms with Crippen molar-refractivity contribution in [2.45, 2.75) is 6.61 Å². The predicted octanol–water partition coefficient (Wildman–Crippen LogP) is 4.60. The number of amides is 2. The molecule has 2 aromatic rings. The van der Waals surface area contributed by atoms with E-state index >= 15 is 0 Å². The number of carbonyl (C=O) groups is 2.